The van der Waals surface area contributed by atoms with Crippen molar-refractivity contribution in [3.05, 3.63) is 35.4 Å². The highest BCUT2D eigenvalue weighted by atomic mass is 16.1. The zero-order chi connectivity index (χ0) is 11.8. The number of hydrogen-bond acceptors (Lipinski definition) is 1. The van der Waals surface area contributed by atoms with Crippen molar-refractivity contribution in [1.29, 1.82) is 0 Å². The molecule has 0 aromatic heterocycles. The largest absolute Gasteiger partial charge is 0.299 e. The fraction of sp³-hybridized carbons (Fsp3) is 0.500. The zero-order valence-corrected chi connectivity index (χ0v) is 10.5. The monoisotopic (exact) mass is 206 g/mol. The van der Waals surface area contributed by atoms with Crippen LogP contribution in [-0.2, 0) is 11.2 Å². The molecule has 1 rings (SSSR count). The fourth-order valence-corrected chi connectivity index (χ4v) is 1.23. The molecule has 1 aromatic carbocycles. The Hall–Kier alpha value is -1.11. The number of aryl methyl sites for hydroxylation is 1. The first-order chi connectivity index (χ1) is 7.09. The summed E-state index contributed by atoms with van der Waals surface area (Å²) in [5, 5.41) is 0. The average molecular weight is 206 g/mol. The van der Waals surface area contributed by atoms with Crippen LogP contribution in [0.25, 0.3) is 0 Å². The number of ketones is 1. The van der Waals surface area contributed by atoms with E-state index in [9.17, 15) is 4.79 Å². The lowest BCUT2D eigenvalue weighted by atomic mass is 10.0. The standard InChI is InChI=1S/C12H16O.C2H6/c1-9(2)12(13)8-11-6-4-5-10(3)7-11;1-2/h4-7,9H,8H2,1-3H3;1-2H3. The van der Waals surface area contributed by atoms with Gasteiger partial charge in [-0.1, -0.05) is 57.5 Å². The minimum absolute atomic E-state index is 0.139. The Kier molecular flexibility index (Phi) is 6.68. The van der Waals surface area contributed by atoms with Crippen LogP contribution in [0.4, 0.5) is 0 Å². The molecule has 0 spiro atoms. The third-order valence-corrected chi connectivity index (χ3v) is 2.10. The van der Waals surface area contributed by atoms with E-state index in [0.717, 1.165) is 5.56 Å². The van der Waals surface area contributed by atoms with Gasteiger partial charge in [0.1, 0.15) is 5.78 Å². The van der Waals surface area contributed by atoms with E-state index in [2.05, 4.69) is 6.07 Å². The second-order valence-corrected chi connectivity index (χ2v) is 3.79. The van der Waals surface area contributed by atoms with Crippen LogP contribution in [0.3, 0.4) is 0 Å². The van der Waals surface area contributed by atoms with Crippen molar-refractivity contribution in [2.45, 2.75) is 41.0 Å². The van der Waals surface area contributed by atoms with Crippen molar-refractivity contribution in [2.75, 3.05) is 0 Å². The Morgan fingerprint density at radius 1 is 1.27 bits per heavy atom. The van der Waals surface area contributed by atoms with Gasteiger partial charge in [0.15, 0.2) is 0 Å². The smallest absolute Gasteiger partial charge is 0.139 e. The van der Waals surface area contributed by atoms with E-state index in [0.29, 0.717) is 12.2 Å². The molecule has 0 radical (unpaired) electrons. The van der Waals surface area contributed by atoms with E-state index >= 15 is 0 Å². The van der Waals surface area contributed by atoms with Crippen LogP contribution in [-0.4, -0.2) is 5.78 Å². The highest BCUT2D eigenvalue weighted by Crippen LogP contribution is 2.07. The molecule has 0 unspecified atom stereocenters. The Morgan fingerprint density at radius 2 is 1.87 bits per heavy atom. The number of hydrogen-bond donors (Lipinski definition) is 0. The van der Waals surface area contributed by atoms with Crippen molar-refractivity contribution in [3.8, 4) is 0 Å². The average Bonchev–Trinajstić information content (AvgIpc) is 2.20. The van der Waals surface area contributed by atoms with Gasteiger partial charge in [0.05, 0.1) is 0 Å². The maximum Gasteiger partial charge on any atom is 0.139 e. The van der Waals surface area contributed by atoms with Crippen molar-refractivity contribution >= 4 is 5.78 Å². The summed E-state index contributed by atoms with van der Waals surface area (Å²) >= 11 is 0. The third-order valence-electron chi connectivity index (χ3n) is 2.10. The molecule has 0 aliphatic rings. The molecule has 1 heteroatoms. The Morgan fingerprint density at radius 3 is 2.33 bits per heavy atom. The Balaban J connectivity index is 0.000000921. The third kappa shape index (κ3) is 5.36. The normalized spacial score (nSPS) is 9.47. The summed E-state index contributed by atoms with van der Waals surface area (Å²) in [6, 6.07) is 8.12. The number of Topliss-reactive ketones (excluding diaryl/α,β-unsaturated/α-hetero) is 1. The number of carbonyl (C=O) groups is 1. The van der Waals surface area contributed by atoms with Crippen LogP contribution < -0.4 is 0 Å². The van der Waals surface area contributed by atoms with E-state index in [-0.39, 0.29) is 5.92 Å². The van der Waals surface area contributed by atoms with E-state index in [1.807, 2.05) is 52.8 Å². The molecule has 15 heavy (non-hydrogen) atoms. The van der Waals surface area contributed by atoms with E-state index < -0.39 is 0 Å². The molecule has 1 nitrogen and oxygen atoms in total. The zero-order valence-electron chi connectivity index (χ0n) is 10.5. The molecule has 0 heterocycles. The number of rotatable bonds is 3. The molecule has 0 saturated heterocycles. The maximum absolute atomic E-state index is 11.4. The SMILES string of the molecule is CC.Cc1cccc(CC(=O)C(C)C)c1. The van der Waals surface area contributed by atoms with Gasteiger partial charge in [0.25, 0.3) is 0 Å². The molecule has 0 atom stereocenters. The quantitative estimate of drug-likeness (QED) is 0.735. The van der Waals surface area contributed by atoms with E-state index in [1.54, 1.807) is 0 Å². The highest BCUT2D eigenvalue weighted by molar-refractivity contribution is 5.82. The maximum atomic E-state index is 11.4. The Labute approximate surface area is 93.5 Å². The highest BCUT2D eigenvalue weighted by Gasteiger charge is 2.07. The van der Waals surface area contributed by atoms with Gasteiger partial charge < -0.3 is 0 Å². The topological polar surface area (TPSA) is 17.1 Å². The van der Waals surface area contributed by atoms with Crippen LogP contribution in [0, 0.1) is 12.8 Å². The molecular weight excluding hydrogens is 184 g/mol. The minimum atomic E-state index is 0.139. The molecular formula is C14H22O. The molecule has 84 valence electrons. The number of carbonyl (C=O) groups excluding carboxylic acids is 1. The van der Waals surface area contributed by atoms with Gasteiger partial charge in [-0.05, 0) is 12.5 Å². The van der Waals surface area contributed by atoms with Gasteiger partial charge >= 0.3 is 0 Å². The summed E-state index contributed by atoms with van der Waals surface area (Å²) in [7, 11) is 0. The lowest BCUT2D eigenvalue weighted by molar-refractivity contribution is -0.121. The van der Waals surface area contributed by atoms with Gasteiger partial charge in [-0.25, -0.2) is 0 Å². The lowest BCUT2D eigenvalue weighted by Gasteiger charge is -2.04. The van der Waals surface area contributed by atoms with Gasteiger partial charge in [-0.3, -0.25) is 4.79 Å². The van der Waals surface area contributed by atoms with E-state index in [4.69, 9.17) is 0 Å². The first kappa shape index (κ1) is 13.9. The summed E-state index contributed by atoms with van der Waals surface area (Å²) in [5.41, 5.74) is 2.34. The molecule has 0 N–H and O–H groups in total. The fourth-order valence-electron chi connectivity index (χ4n) is 1.23. The second-order valence-electron chi connectivity index (χ2n) is 3.79. The van der Waals surface area contributed by atoms with Crippen LogP contribution in [0.15, 0.2) is 24.3 Å². The predicted octanol–water partition coefficient (Wildman–Crippen LogP) is 3.79. The summed E-state index contributed by atoms with van der Waals surface area (Å²) in [6.07, 6.45) is 0.569. The van der Waals surface area contributed by atoms with Crippen molar-refractivity contribution in [3.63, 3.8) is 0 Å². The van der Waals surface area contributed by atoms with Crippen LogP contribution in [0.1, 0.15) is 38.8 Å². The first-order valence-corrected chi connectivity index (χ1v) is 5.68. The molecule has 0 aliphatic carbocycles. The molecule has 0 saturated carbocycles. The van der Waals surface area contributed by atoms with Crippen molar-refractivity contribution < 1.29 is 4.79 Å². The summed E-state index contributed by atoms with van der Waals surface area (Å²) in [4.78, 5) is 11.4. The van der Waals surface area contributed by atoms with Gasteiger partial charge in [-0.15, -0.1) is 0 Å². The Bertz CT molecular complexity index is 300. The summed E-state index contributed by atoms with van der Waals surface area (Å²) in [5.74, 6) is 0.450. The molecule has 1 aromatic rings. The lowest BCUT2D eigenvalue weighted by Crippen LogP contribution is -2.10. The van der Waals surface area contributed by atoms with Crippen LogP contribution in [0.2, 0.25) is 0 Å². The predicted molar refractivity (Wildman–Crippen MR) is 66.1 cm³/mol. The minimum Gasteiger partial charge on any atom is -0.299 e. The summed E-state index contributed by atoms with van der Waals surface area (Å²) in [6.45, 7) is 9.93. The summed E-state index contributed by atoms with van der Waals surface area (Å²) < 4.78 is 0. The molecule has 0 amide bonds. The van der Waals surface area contributed by atoms with E-state index in [1.165, 1.54) is 5.56 Å². The van der Waals surface area contributed by atoms with Crippen LogP contribution >= 0.6 is 0 Å². The molecule has 0 aliphatic heterocycles. The van der Waals surface area contributed by atoms with Crippen LogP contribution in [0.5, 0.6) is 0 Å². The van der Waals surface area contributed by atoms with Crippen molar-refractivity contribution in [1.82, 2.24) is 0 Å². The second kappa shape index (κ2) is 7.22. The number of benzene rings is 1. The van der Waals surface area contributed by atoms with Gasteiger partial charge in [0, 0.05) is 12.3 Å². The first-order valence-electron chi connectivity index (χ1n) is 5.68. The molecule has 0 fully saturated rings. The van der Waals surface area contributed by atoms with Gasteiger partial charge in [-0.2, -0.15) is 0 Å². The van der Waals surface area contributed by atoms with Crippen molar-refractivity contribution in [2.24, 2.45) is 5.92 Å². The molecule has 0 bridgehead atoms. The van der Waals surface area contributed by atoms with Gasteiger partial charge in [0.2, 0.25) is 0 Å².